The molecule has 0 radical (unpaired) electrons. The third-order valence-electron chi connectivity index (χ3n) is 8.57. The van der Waals surface area contributed by atoms with E-state index >= 15 is 0 Å². The van der Waals surface area contributed by atoms with E-state index in [1.54, 1.807) is 0 Å². The maximum atomic E-state index is 11.9. The smallest absolute Gasteiger partial charge is 0.136 e. The normalized spacial score (nSPS) is 54.5. The number of nitrogens with zero attached hydrogens (tertiary/aromatic N) is 1. The topological polar surface area (TPSA) is 40.9 Å². The molecule has 0 heterocycles. The van der Waals surface area contributed by atoms with E-state index in [2.05, 4.69) is 31.7 Å². The second-order valence-corrected chi connectivity index (χ2v) is 9.40. The lowest BCUT2D eigenvalue weighted by molar-refractivity contribution is -0.120. The minimum absolute atomic E-state index is 0.223. The van der Waals surface area contributed by atoms with E-state index in [1.807, 2.05) is 0 Å². The van der Waals surface area contributed by atoms with E-state index in [1.165, 1.54) is 24.8 Å². The summed E-state index contributed by atoms with van der Waals surface area (Å²) in [5.41, 5.74) is 1.64. The molecule has 0 aromatic heterocycles. The highest BCUT2D eigenvalue weighted by Crippen LogP contribution is 2.74. The van der Waals surface area contributed by atoms with Gasteiger partial charge in [-0.1, -0.05) is 24.6 Å². The van der Waals surface area contributed by atoms with Crippen molar-refractivity contribution >= 4 is 5.78 Å². The number of allylic oxidation sites excluding steroid dienone is 3. The number of hydrogen-bond donors (Lipinski definition) is 0. The molecule has 0 N–H and O–H groups in total. The van der Waals surface area contributed by atoms with Crippen molar-refractivity contribution in [2.75, 3.05) is 0 Å². The quantitative estimate of drug-likeness (QED) is 0.665. The van der Waals surface area contributed by atoms with Crippen molar-refractivity contribution in [1.82, 2.24) is 0 Å². The summed E-state index contributed by atoms with van der Waals surface area (Å²) in [7, 11) is 0. The minimum Gasteiger partial charge on any atom is -0.299 e. The van der Waals surface area contributed by atoms with Crippen LogP contribution in [0.2, 0.25) is 0 Å². The first-order valence-electron chi connectivity index (χ1n) is 9.83. The van der Waals surface area contributed by atoms with Crippen molar-refractivity contribution < 1.29 is 4.79 Å². The lowest BCUT2D eigenvalue weighted by Crippen LogP contribution is -2.50. The van der Waals surface area contributed by atoms with Gasteiger partial charge in [-0.25, -0.2) is 0 Å². The highest BCUT2D eigenvalue weighted by Gasteiger charge is 2.70. The van der Waals surface area contributed by atoms with E-state index in [0.29, 0.717) is 41.8 Å². The van der Waals surface area contributed by atoms with Crippen molar-refractivity contribution in [3.63, 3.8) is 0 Å². The van der Waals surface area contributed by atoms with Crippen LogP contribution in [0.1, 0.15) is 45.4 Å². The van der Waals surface area contributed by atoms with Crippen LogP contribution < -0.4 is 0 Å². The molecule has 4 fully saturated rings. The van der Waals surface area contributed by atoms with Crippen LogP contribution in [0.5, 0.6) is 0 Å². The Hall–Kier alpha value is -1.36. The van der Waals surface area contributed by atoms with Crippen LogP contribution in [0.3, 0.4) is 0 Å². The van der Waals surface area contributed by atoms with Crippen LogP contribution in [0.4, 0.5) is 0 Å². The first-order valence-corrected chi connectivity index (χ1v) is 9.83. The molecule has 0 spiro atoms. The third kappa shape index (κ3) is 1.74. The summed E-state index contributed by atoms with van der Waals surface area (Å²) in [6.07, 6.45) is 10.8. The molecular formula is C22H27NO. The zero-order valence-electron chi connectivity index (χ0n) is 14.6. The number of rotatable bonds is 1. The Morgan fingerprint density at radius 3 is 2.92 bits per heavy atom. The molecule has 0 bridgehead atoms. The predicted octanol–water partition coefficient (Wildman–Crippen LogP) is 4.54. The molecular weight excluding hydrogens is 294 g/mol. The van der Waals surface area contributed by atoms with Crippen molar-refractivity contribution in [3.05, 3.63) is 24.3 Å². The van der Waals surface area contributed by atoms with Crippen LogP contribution in [-0.4, -0.2) is 5.78 Å². The molecule has 0 saturated heterocycles. The molecule has 0 unspecified atom stereocenters. The summed E-state index contributed by atoms with van der Waals surface area (Å²) in [5.74, 6) is 5.29. The van der Waals surface area contributed by atoms with Gasteiger partial charge in [-0.2, -0.15) is 5.26 Å². The van der Waals surface area contributed by atoms with E-state index in [0.717, 1.165) is 24.7 Å². The Morgan fingerprint density at radius 1 is 1.33 bits per heavy atom. The Morgan fingerprint density at radius 2 is 2.17 bits per heavy atom. The Kier molecular flexibility index (Phi) is 3.01. The highest BCUT2D eigenvalue weighted by atomic mass is 16.1. The number of fused-ring (bicyclic) bond motifs is 7. The summed E-state index contributed by atoms with van der Waals surface area (Å²) in [4.78, 5) is 11.9. The lowest BCUT2D eigenvalue weighted by atomic mass is 9.48. The van der Waals surface area contributed by atoms with Crippen LogP contribution in [0.15, 0.2) is 24.3 Å². The summed E-state index contributed by atoms with van der Waals surface area (Å²) in [6, 6.07) is 2.70. The molecule has 2 nitrogen and oxygen atoms in total. The second-order valence-electron chi connectivity index (χ2n) is 9.40. The van der Waals surface area contributed by atoms with Crippen molar-refractivity contribution in [1.29, 1.82) is 5.26 Å². The summed E-state index contributed by atoms with van der Waals surface area (Å²) in [5, 5.41) is 9.78. The standard InChI is InChI=1S/C22H27NO/c1-3-12-8-13-9-14(24)4-5-15(13)16-6-7-22(2)19(11-23)17-10-18(17)21(22)20(12)16/h3,8,12,15-21H,1,4-7,9-10H2,2H3/t12-,15-,16+,17-,18+,19-,20+,21-,22+/m0/s1. The molecule has 0 aliphatic heterocycles. The molecule has 2 heteroatoms. The zero-order valence-corrected chi connectivity index (χ0v) is 14.6. The number of carbonyl (C=O) groups is 1. The number of ketones is 1. The molecule has 126 valence electrons. The van der Waals surface area contributed by atoms with Gasteiger partial charge in [0.25, 0.3) is 0 Å². The molecule has 24 heavy (non-hydrogen) atoms. The Bertz CT molecular complexity index is 685. The van der Waals surface area contributed by atoms with Gasteiger partial charge >= 0.3 is 0 Å². The summed E-state index contributed by atoms with van der Waals surface area (Å²) in [6.45, 7) is 6.57. The highest BCUT2D eigenvalue weighted by molar-refractivity contribution is 5.82. The van der Waals surface area contributed by atoms with E-state index in [-0.39, 0.29) is 11.3 Å². The van der Waals surface area contributed by atoms with E-state index < -0.39 is 0 Å². The predicted molar refractivity (Wildman–Crippen MR) is 92.6 cm³/mol. The van der Waals surface area contributed by atoms with Gasteiger partial charge in [-0.3, -0.25) is 4.79 Å². The molecule has 4 saturated carbocycles. The number of Topliss-reactive ketones (excluding diaryl/α,β-unsaturated/α-hetero) is 1. The third-order valence-corrected chi connectivity index (χ3v) is 8.57. The molecule has 5 aliphatic rings. The minimum atomic E-state index is 0.223. The van der Waals surface area contributed by atoms with Gasteiger partial charge < -0.3 is 0 Å². The van der Waals surface area contributed by atoms with Gasteiger partial charge in [0, 0.05) is 12.8 Å². The number of nitriles is 1. The van der Waals surface area contributed by atoms with E-state index in [9.17, 15) is 10.1 Å². The zero-order chi connectivity index (χ0) is 16.6. The van der Waals surface area contributed by atoms with Crippen LogP contribution in [-0.2, 0) is 4.79 Å². The summed E-state index contributed by atoms with van der Waals surface area (Å²) < 4.78 is 0. The number of carbonyl (C=O) groups excluding carboxylic acids is 1. The van der Waals surface area contributed by atoms with Gasteiger partial charge in [-0.15, -0.1) is 6.58 Å². The lowest BCUT2D eigenvalue weighted by Gasteiger charge is -2.55. The summed E-state index contributed by atoms with van der Waals surface area (Å²) >= 11 is 0. The van der Waals surface area contributed by atoms with Crippen LogP contribution in [0.25, 0.3) is 0 Å². The van der Waals surface area contributed by atoms with Crippen molar-refractivity contribution in [3.8, 4) is 6.07 Å². The maximum absolute atomic E-state index is 11.9. The van der Waals surface area contributed by atoms with Crippen LogP contribution >= 0.6 is 0 Å². The largest absolute Gasteiger partial charge is 0.299 e. The van der Waals surface area contributed by atoms with Gasteiger partial charge in [-0.05, 0) is 72.5 Å². The first-order chi connectivity index (χ1) is 11.6. The fourth-order valence-electron chi connectivity index (χ4n) is 7.64. The molecule has 0 amide bonds. The Labute approximate surface area is 145 Å². The second kappa shape index (κ2) is 4.84. The molecule has 5 aliphatic carbocycles. The fourth-order valence-corrected chi connectivity index (χ4v) is 7.64. The average Bonchev–Trinajstić information content (AvgIpc) is 3.28. The van der Waals surface area contributed by atoms with Gasteiger partial charge in [0.1, 0.15) is 5.78 Å². The van der Waals surface area contributed by atoms with E-state index in [4.69, 9.17) is 0 Å². The monoisotopic (exact) mass is 321 g/mol. The van der Waals surface area contributed by atoms with Gasteiger partial charge in [0.2, 0.25) is 0 Å². The van der Waals surface area contributed by atoms with Gasteiger partial charge in [0.15, 0.2) is 0 Å². The average molecular weight is 321 g/mol. The van der Waals surface area contributed by atoms with Gasteiger partial charge in [0.05, 0.1) is 12.0 Å². The SMILES string of the molecule is C=C[C@H]1C=C2CC(=O)CC[C@@H]2[C@H]2CC[C@@]3(C)[C@@H]([C@@H]4C[C@@H]4[C@@H]3C#N)[C@H]12. The molecule has 5 rings (SSSR count). The van der Waals surface area contributed by atoms with Crippen LogP contribution in [0, 0.1) is 64.1 Å². The van der Waals surface area contributed by atoms with Crippen molar-refractivity contribution in [2.24, 2.45) is 52.8 Å². The fraction of sp³-hybridized carbons (Fsp3) is 0.727. The molecule has 9 atom stereocenters. The number of hydrogen-bond acceptors (Lipinski definition) is 2. The Balaban J connectivity index is 1.57. The van der Waals surface area contributed by atoms with Crippen molar-refractivity contribution in [2.45, 2.75) is 45.4 Å². The first kappa shape index (κ1) is 14.9. The maximum Gasteiger partial charge on any atom is 0.136 e. The molecule has 0 aromatic rings. The molecule has 0 aromatic carbocycles.